The van der Waals surface area contributed by atoms with Crippen LogP contribution in [0, 0.1) is 9.52 Å². The second kappa shape index (κ2) is 8.79. The molecule has 10 heteroatoms. The van der Waals surface area contributed by atoms with Gasteiger partial charge in [-0.1, -0.05) is 6.92 Å². The minimum Gasteiger partial charge on any atom is -0.487 e. The number of aromatic nitrogens is 1. The normalized spacial score (nSPS) is 28.8. The molecule has 0 bridgehead atoms. The first kappa shape index (κ1) is 23.0. The van der Waals surface area contributed by atoms with Crippen LogP contribution in [0.4, 0.5) is 13.2 Å². The summed E-state index contributed by atoms with van der Waals surface area (Å²) in [7, 11) is 0. The maximum absolute atomic E-state index is 14.9. The summed E-state index contributed by atoms with van der Waals surface area (Å²) in [4.78, 5) is 4.39. The molecule has 3 aliphatic rings. The minimum atomic E-state index is -2.98. The van der Waals surface area contributed by atoms with Gasteiger partial charge in [0, 0.05) is 48.1 Å². The molecule has 2 aliphatic heterocycles. The Labute approximate surface area is 199 Å². The molecule has 1 aromatic carbocycles. The van der Waals surface area contributed by atoms with Crippen molar-refractivity contribution in [2.45, 2.75) is 63.5 Å². The number of nitrogens with one attached hydrogen (secondary N) is 1. The summed E-state index contributed by atoms with van der Waals surface area (Å²) >= 11 is -0.476. The molecule has 178 valence electrons. The van der Waals surface area contributed by atoms with Crippen LogP contribution in [0.3, 0.4) is 0 Å². The van der Waals surface area contributed by atoms with E-state index in [1.807, 2.05) is 27.9 Å². The van der Waals surface area contributed by atoms with E-state index in [9.17, 15) is 23.4 Å². The first-order valence-electron chi connectivity index (χ1n) is 10.9. The summed E-state index contributed by atoms with van der Waals surface area (Å²) in [5.74, 6) is -1.04. The monoisotopic (exact) mass is 575 g/mol. The van der Waals surface area contributed by atoms with Crippen molar-refractivity contribution in [3.63, 3.8) is 0 Å². The maximum atomic E-state index is 14.9. The van der Waals surface area contributed by atoms with E-state index < -0.39 is 62.9 Å². The number of fused-ring (bicyclic) bond motifs is 2. The van der Waals surface area contributed by atoms with Crippen LogP contribution in [-0.2, 0) is 6.54 Å². The van der Waals surface area contributed by atoms with Crippen LogP contribution in [0.25, 0.3) is 0 Å². The zero-order chi connectivity index (χ0) is 23.4. The molecule has 5 atom stereocenters. The summed E-state index contributed by atoms with van der Waals surface area (Å²) < 4.78 is 53.1. The second-order valence-electron chi connectivity index (χ2n) is 8.79. The Morgan fingerprint density at radius 1 is 1.30 bits per heavy atom. The van der Waals surface area contributed by atoms with Crippen LogP contribution >= 0.6 is 20.7 Å². The van der Waals surface area contributed by atoms with Gasteiger partial charge in [-0.2, -0.15) is 0 Å². The average Bonchev–Trinajstić information content (AvgIpc) is 3.32. The molecular weight excluding hydrogens is 550 g/mol. The van der Waals surface area contributed by atoms with E-state index in [0.717, 1.165) is 21.0 Å². The standard InChI is InChI=1S/C23H25F3IN3O3/c1-10-7-28-8-14-16(5-13(22(25)26)19(24)18(10)14)33-17-6-15(20(31)21(17)32)30-4-3-12-11(2)29-9-27-23(12)30/h3-5,9-10,15,17,20-22,28,31-32H,6-8H2,1-2H3/t10-,15-,17+,20+,21-/m1/s1. The molecule has 5 rings (SSSR count). The molecule has 33 heavy (non-hydrogen) atoms. The molecule has 6 nitrogen and oxygen atoms in total. The molecular formula is C23H25F3IN3O3. The van der Waals surface area contributed by atoms with E-state index in [4.69, 9.17) is 4.74 Å². The smallest absolute Gasteiger partial charge is 0.266 e. The van der Waals surface area contributed by atoms with Crippen LogP contribution in [0.5, 0.6) is 5.75 Å². The average molecular weight is 575 g/mol. The van der Waals surface area contributed by atoms with E-state index >= 15 is 0 Å². The molecule has 0 radical (unpaired) electrons. The molecule has 0 unspecified atom stereocenters. The first-order valence-corrected chi connectivity index (χ1v) is 13.2. The van der Waals surface area contributed by atoms with Gasteiger partial charge < -0.3 is 24.8 Å². The van der Waals surface area contributed by atoms with Crippen molar-refractivity contribution in [2.75, 3.05) is 6.54 Å². The topological polar surface area (TPSA) is 79.0 Å². The van der Waals surface area contributed by atoms with Crippen molar-refractivity contribution >= 4 is 30.6 Å². The number of rotatable bonds is 4. The highest BCUT2D eigenvalue weighted by Gasteiger charge is 2.45. The van der Waals surface area contributed by atoms with Crippen molar-refractivity contribution < 1.29 is 28.1 Å². The van der Waals surface area contributed by atoms with Crippen LogP contribution in [0.1, 0.15) is 60.9 Å². The zero-order valence-electron chi connectivity index (χ0n) is 18.1. The van der Waals surface area contributed by atoms with Crippen molar-refractivity contribution in [3.05, 3.63) is 50.1 Å². The van der Waals surface area contributed by atoms with Crippen LogP contribution in [0.15, 0.2) is 23.3 Å². The molecule has 1 saturated carbocycles. The van der Waals surface area contributed by atoms with Gasteiger partial charge in [0.25, 0.3) is 6.43 Å². The quantitative estimate of drug-likeness (QED) is 0.487. The number of halogens is 4. The predicted octanol–water partition coefficient (Wildman–Crippen LogP) is 3.61. The molecule has 3 heterocycles. The van der Waals surface area contributed by atoms with E-state index in [1.165, 1.54) is 0 Å². The van der Waals surface area contributed by atoms with Crippen molar-refractivity contribution in [2.24, 2.45) is 4.99 Å². The van der Waals surface area contributed by atoms with Gasteiger partial charge in [-0.25, -0.2) is 13.2 Å². The molecule has 2 aromatic rings. The summed E-state index contributed by atoms with van der Waals surface area (Å²) in [6.07, 6.45) is -3.91. The summed E-state index contributed by atoms with van der Waals surface area (Å²) in [5, 5.41) is 24.8. The lowest BCUT2D eigenvalue weighted by atomic mass is 9.89. The Bertz CT molecular complexity index is 1150. The fraction of sp³-hybridized carbons (Fsp3) is 0.478. The van der Waals surface area contributed by atoms with Crippen molar-refractivity contribution in [1.82, 2.24) is 9.88 Å². The SMILES string of the molecule is CC1=NC=Ic2c1ccn2[C@@H]1C[C@H](Oc2cc(C(F)F)c(F)c3c2CNC[C@H]3C)[C@@H](O)[C@H]1O. The number of aliphatic hydroxyl groups excluding tert-OH is 2. The van der Waals surface area contributed by atoms with Gasteiger partial charge in [0.15, 0.2) is 0 Å². The van der Waals surface area contributed by atoms with Gasteiger partial charge in [0.2, 0.25) is 0 Å². The Morgan fingerprint density at radius 3 is 2.85 bits per heavy atom. The van der Waals surface area contributed by atoms with E-state index in [1.54, 1.807) is 6.92 Å². The van der Waals surface area contributed by atoms with Crippen LogP contribution in [0.2, 0.25) is 0 Å². The highest BCUT2D eigenvalue weighted by atomic mass is 127. The van der Waals surface area contributed by atoms with Gasteiger partial charge in [-0.05, 0) is 45.7 Å². The van der Waals surface area contributed by atoms with Crippen molar-refractivity contribution in [1.29, 1.82) is 0 Å². The van der Waals surface area contributed by atoms with Gasteiger partial charge in [-0.3, -0.25) is 4.99 Å². The first-order chi connectivity index (χ1) is 15.8. The van der Waals surface area contributed by atoms with E-state index in [0.29, 0.717) is 18.5 Å². The number of hydrogen-bond donors (Lipinski definition) is 3. The fourth-order valence-corrected chi connectivity index (χ4v) is 7.56. The minimum absolute atomic E-state index is 0.135. The number of benzene rings is 1. The van der Waals surface area contributed by atoms with Gasteiger partial charge in [0.05, 0.1) is 19.4 Å². The molecule has 3 N–H and O–H groups in total. The lowest BCUT2D eigenvalue weighted by Crippen LogP contribution is -2.35. The van der Waals surface area contributed by atoms with Crippen LogP contribution in [-0.4, -0.2) is 49.5 Å². The lowest BCUT2D eigenvalue weighted by molar-refractivity contribution is -0.0172. The van der Waals surface area contributed by atoms with Gasteiger partial charge in [-0.15, -0.1) is 0 Å². The molecule has 1 fully saturated rings. The molecule has 0 spiro atoms. The van der Waals surface area contributed by atoms with Crippen LogP contribution < -0.4 is 10.1 Å². The Kier molecular flexibility index (Phi) is 6.13. The summed E-state index contributed by atoms with van der Waals surface area (Å²) in [6, 6.07) is 2.59. The third-order valence-electron chi connectivity index (χ3n) is 6.75. The maximum Gasteiger partial charge on any atom is 0.266 e. The molecule has 0 saturated heterocycles. The number of aliphatic hydroxyl groups is 2. The predicted molar refractivity (Wildman–Crippen MR) is 127 cm³/mol. The second-order valence-corrected chi connectivity index (χ2v) is 11.0. The highest BCUT2D eigenvalue weighted by molar-refractivity contribution is 14.2. The third-order valence-corrected chi connectivity index (χ3v) is 9.03. The van der Waals surface area contributed by atoms with Gasteiger partial charge in [0.1, 0.15) is 29.9 Å². The summed E-state index contributed by atoms with van der Waals surface area (Å²) in [5.41, 5.74) is 1.99. The third kappa shape index (κ3) is 3.84. The van der Waals surface area contributed by atoms with E-state index in [2.05, 4.69) is 10.3 Å². The molecule has 1 aliphatic carbocycles. The number of ether oxygens (including phenoxy) is 1. The lowest BCUT2D eigenvalue weighted by Gasteiger charge is -2.29. The Hall–Kier alpha value is -1.76. The number of alkyl halides is 2. The Balaban J connectivity index is 1.48. The highest BCUT2D eigenvalue weighted by Crippen LogP contribution is 2.42. The zero-order valence-corrected chi connectivity index (χ0v) is 20.3. The molecule has 1 aromatic heterocycles. The van der Waals surface area contributed by atoms with Gasteiger partial charge >= 0.3 is 0 Å². The largest absolute Gasteiger partial charge is 0.487 e. The fourth-order valence-electron chi connectivity index (χ4n) is 4.99. The van der Waals surface area contributed by atoms with E-state index in [-0.39, 0.29) is 23.8 Å². The molecule has 0 amide bonds. The number of aliphatic imine (C=N–C) groups is 1. The Morgan fingerprint density at radius 2 is 2.09 bits per heavy atom. The summed E-state index contributed by atoms with van der Waals surface area (Å²) in [6.45, 7) is 4.47. The van der Waals surface area contributed by atoms with Crippen molar-refractivity contribution in [3.8, 4) is 5.75 Å². The number of nitrogens with zero attached hydrogens (tertiary/aromatic N) is 2. The number of hydrogen-bond acceptors (Lipinski definition) is 5.